The molecular weight excluding hydrogens is 290 g/mol. The van der Waals surface area contributed by atoms with Crippen LogP contribution in [0, 0.1) is 17.6 Å². The molecule has 0 spiro atoms. The Balaban J connectivity index is 1.92. The molecule has 0 atom stereocenters. The van der Waals surface area contributed by atoms with Crippen LogP contribution in [0.3, 0.4) is 0 Å². The first-order valence-corrected chi connectivity index (χ1v) is 7.55. The molecule has 120 valence electrons. The van der Waals surface area contributed by atoms with Gasteiger partial charge in [0.2, 0.25) is 5.91 Å². The van der Waals surface area contributed by atoms with Gasteiger partial charge in [-0.05, 0) is 37.5 Å². The third kappa shape index (κ3) is 3.81. The number of nitrogens with zero attached hydrogens (tertiary/aromatic N) is 1. The second kappa shape index (κ2) is 7.33. The highest BCUT2D eigenvalue weighted by Gasteiger charge is 2.27. The molecule has 1 saturated heterocycles. The summed E-state index contributed by atoms with van der Waals surface area (Å²) in [7, 11) is 0. The van der Waals surface area contributed by atoms with Gasteiger partial charge in [0.1, 0.15) is 0 Å². The molecule has 1 heterocycles. The van der Waals surface area contributed by atoms with Gasteiger partial charge in [-0.1, -0.05) is 6.92 Å². The number of carbonyl (C=O) groups excluding carboxylic acids is 2. The number of benzene rings is 1. The van der Waals surface area contributed by atoms with Crippen molar-refractivity contribution < 1.29 is 18.4 Å². The predicted molar refractivity (Wildman–Crippen MR) is 78.3 cm³/mol. The summed E-state index contributed by atoms with van der Waals surface area (Å²) < 4.78 is 26.1. The minimum absolute atomic E-state index is 0.0294. The molecule has 6 heteroatoms. The highest BCUT2D eigenvalue weighted by Crippen LogP contribution is 2.20. The fourth-order valence-electron chi connectivity index (χ4n) is 2.55. The molecule has 1 aromatic rings. The molecule has 0 aromatic heterocycles. The maximum absolute atomic E-state index is 13.2. The normalized spacial score (nSPS) is 15.7. The summed E-state index contributed by atoms with van der Waals surface area (Å²) in [5, 5.41) is 2.86. The average molecular weight is 310 g/mol. The third-order valence-corrected chi connectivity index (χ3v) is 3.87. The van der Waals surface area contributed by atoms with Gasteiger partial charge in [-0.2, -0.15) is 0 Å². The number of carbonyl (C=O) groups is 2. The van der Waals surface area contributed by atoms with Gasteiger partial charge in [0.05, 0.1) is 0 Å². The molecule has 1 fully saturated rings. The molecule has 2 amide bonds. The molecule has 0 aliphatic carbocycles. The summed E-state index contributed by atoms with van der Waals surface area (Å²) in [6, 6.07) is 3.14. The van der Waals surface area contributed by atoms with Crippen LogP contribution >= 0.6 is 0 Å². The van der Waals surface area contributed by atoms with Crippen molar-refractivity contribution in [3.05, 3.63) is 35.4 Å². The Labute approximate surface area is 128 Å². The predicted octanol–water partition coefficient (Wildman–Crippen LogP) is 2.34. The van der Waals surface area contributed by atoms with E-state index in [9.17, 15) is 18.4 Å². The van der Waals surface area contributed by atoms with Crippen LogP contribution in [0.4, 0.5) is 8.78 Å². The second-order valence-corrected chi connectivity index (χ2v) is 5.49. The van der Waals surface area contributed by atoms with E-state index in [4.69, 9.17) is 0 Å². The number of halogens is 2. The lowest BCUT2D eigenvalue weighted by Gasteiger charge is -2.31. The summed E-state index contributed by atoms with van der Waals surface area (Å²) >= 11 is 0. The van der Waals surface area contributed by atoms with Crippen LogP contribution in [0.25, 0.3) is 0 Å². The van der Waals surface area contributed by atoms with Gasteiger partial charge in [-0.25, -0.2) is 8.78 Å². The van der Waals surface area contributed by atoms with E-state index in [0.717, 1.165) is 18.6 Å². The van der Waals surface area contributed by atoms with Gasteiger partial charge >= 0.3 is 0 Å². The van der Waals surface area contributed by atoms with Crippen LogP contribution in [-0.4, -0.2) is 36.3 Å². The lowest BCUT2D eigenvalue weighted by atomic mass is 9.95. The van der Waals surface area contributed by atoms with E-state index in [1.54, 1.807) is 4.90 Å². The Morgan fingerprint density at radius 1 is 1.23 bits per heavy atom. The lowest BCUT2D eigenvalue weighted by Crippen LogP contribution is -2.43. The zero-order chi connectivity index (χ0) is 16.1. The number of rotatable bonds is 4. The summed E-state index contributed by atoms with van der Waals surface area (Å²) in [5.41, 5.74) is 0.132. The van der Waals surface area contributed by atoms with Gasteiger partial charge in [-0.15, -0.1) is 0 Å². The molecule has 1 aromatic carbocycles. The van der Waals surface area contributed by atoms with Crippen molar-refractivity contribution in [2.45, 2.75) is 26.2 Å². The molecule has 4 nitrogen and oxygen atoms in total. The molecule has 0 unspecified atom stereocenters. The number of piperidine rings is 1. The number of nitrogens with one attached hydrogen (secondary N) is 1. The third-order valence-electron chi connectivity index (χ3n) is 3.87. The van der Waals surface area contributed by atoms with E-state index in [0.29, 0.717) is 32.5 Å². The van der Waals surface area contributed by atoms with Gasteiger partial charge in [0.15, 0.2) is 11.6 Å². The second-order valence-electron chi connectivity index (χ2n) is 5.49. The van der Waals surface area contributed by atoms with E-state index >= 15 is 0 Å². The van der Waals surface area contributed by atoms with Crippen molar-refractivity contribution in [1.29, 1.82) is 0 Å². The van der Waals surface area contributed by atoms with E-state index in [2.05, 4.69) is 5.32 Å². The fourth-order valence-corrected chi connectivity index (χ4v) is 2.55. The molecule has 0 saturated carbocycles. The van der Waals surface area contributed by atoms with Gasteiger partial charge < -0.3 is 10.2 Å². The van der Waals surface area contributed by atoms with E-state index in [1.807, 2.05) is 6.92 Å². The monoisotopic (exact) mass is 310 g/mol. The zero-order valence-electron chi connectivity index (χ0n) is 12.6. The molecule has 0 radical (unpaired) electrons. The van der Waals surface area contributed by atoms with Crippen LogP contribution in [0.5, 0.6) is 0 Å². The molecule has 0 bridgehead atoms. The van der Waals surface area contributed by atoms with Crippen LogP contribution in [0.2, 0.25) is 0 Å². The van der Waals surface area contributed by atoms with Gasteiger partial charge in [0, 0.05) is 31.1 Å². The summed E-state index contributed by atoms with van der Waals surface area (Å²) in [6.07, 6.45) is 2.06. The van der Waals surface area contributed by atoms with E-state index in [-0.39, 0.29) is 23.3 Å². The smallest absolute Gasteiger partial charge is 0.253 e. The van der Waals surface area contributed by atoms with E-state index in [1.165, 1.54) is 6.07 Å². The minimum Gasteiger partial charge on any atom is -0.356 e. The fraction of sp³-hybridized carbons (Fsp3) is 0.500. The lowest BCUT2D eigenvalue weighted by molar-refractivity contribution is -0.126. The molecule has 22 heavy (non-hydrogen) atoms. The van der Waals surface area contributed by atoms with Gasteiger partial charge in [-0.3, -0.25) is 9.59 Å². The quantitative estimate of drug-likeness (QED) is 0.928. The Hall–Kier alpha value is -1.98. The highest BCUT2D eigenvalue weighted by atomic mass is 19.2. The summed E-state index contributed by atoms with van der Waals surface area (Å²) in [6.45, 7) is 3.54. The van der Waals surface area contributed by atoms with Crippen molar-refractivity contribution >= 4 is 11.8 Å². The summed E-state index contributed by atoms with van der Waals surface area (Å²) in [4.78, 5) is 25.7. The summed E-state index contributed by atoms with van der Waals surface area (Å²) in [5.74, 6) is -2.38. The minimum atomic E-state index is -1.03. The first kappa shape index (κ1) is 16.4. The first-order valence-electron chi connectivity index (χ1n) is 7.55. The van der Waals surface area contributed by atoms with Crippen LogP contribution in [-0.2, 0) is 4.79 Å². The largest absolute Gasteiger partial charge is 0.356 e. The van der Waals surface area contributed by atoms with Gasteiger partial charge in [0.25, 0.3) is 5.91 Å². The Morgan fingerprint density at radius 2 is 1.91 bits per heavy atom. The molecule has 1 aliphatic rings. The van der Waals surface area contributed by atoms with Crippen molar-refractivity contribution in [3.63, 3.8) is 0 Å². The maximum Gasteiger partial charge on any atom is 0.253 e. The Bertz CT molecular complexity index is 555. The highest BCUT2D eigenvalue weighted by molar-refractivity contribution is 5.94. The van der Waals surface area contributed by atoms with Crippen molar-refractivity contribution in [3.8, 4) is 0 Å². The Kier molecular flexibility index (Phi) is 5.46. The maximum atomic E-state index is 13.2. The number of hydrogen-bond donors (Lipinski definition) is 1. The van der Waals surface area contributed by atoms with Crippen LogP contribution < -0.4 is 5.32 Å². The molecule has 1 aliphatic heterocycles. The topological polar surface area (TPSA) is 49.4 Å². The van der Waals surface area contributed by atoms with E-state index < -0.39 is 11.6 Å². The average Bonchev–Trinajstić information content (AvgIpc) is 2.54. The number of hydrogen-bond acceptors (Lipinski definition) is 2. The van der Waals surface area contributed by atoms with Crippen molar-refractivity contribution in [2.75, 3.05) is 19.6 Å². The van der Waals surface area contributed by atoms with Crippen LogP contribution in [0.1, 0.15) is 36.5 Å². The molecule has 2 rings (SSSR count). The SMILES string of the molecule is CCCNC(=O)C1CCN(C(=O)c2ccc(F)c(F)c2)CC1. The Morgan fingerprint density at radius 3 is 2.50 bits per heavy atom. The zero-order valence-corrected chi connectivity index (χ0v) is 12.6. The van der Waals surface area contributed by atoms with Crippen molar-refractivity contribution in [2.24, 2.45) is 5.92 Å². The van der Waals surface area contributed by atoms with Crippen molar-refractivity contribution in [1.82, 2.24) is 10.2 Å². The standard InChI is InChI=1S/C16H20F2N2O2/c1-2-7-19-15(21)11-5-8-20(9-6-11)16(22)12-3-4-13(17)14(18)10-12/h3-4,10-11H,2,5-9H2,1H3,(H,19,21). The number of likely N-dealkylation sites (tertiary alicyclic amines) is 1. The van der Waals surface area contributed by atoms with Crippen LogP contribution in [0.15, 0.2) is 18.2 Å². The molecule has 1 N–H and O–H groups in total. The first-order chi connectivity index (χ1) is 10.5. The number of amides is 2. The molecular formula is C16H20F2N2O2.